The number of rotatable bonds is 6. The Labute approximate surface area is 149 Å². The summed E-state index contributed by atoms with van der Waals surface area (Å²) in [5, 5.41) is 7.00. The number of para-hydroxylation sites is 2. The molecule has 0 spiro atoms. The van der Waals surface area contributed by atoms with Gasteiger partial charge in [0.15, 0.2) is 16.6 Å². The summed E-state index contributed by atoms with van der Waals surface area (Å²) in [6, 6.07) is 13.8. The van der Waals surface area contributed by atoms with E-state index >= 15 is 0 Å². The maximum atomic E-state index is 5.80. The predicted octanol–water partition coefficient (Wildman–Crippen LogP) is 4.07. The molecule has 2 rings (SSSR count). The van der Waals surface area contributed by atoms with Crippen LogP contribution < -0.4 is 20.1 Å². The summed E-state index contributed by atoms with van der Waals surface area (Å²) in [4.78, 5) is 0. The van der Waals surface area contributed by atoms with E-state index in [2.05, 4.69) is 36.6 Å². The first-order valence-corrected chi connectivity index (χ1v) is 8.31. The van der Waals surface area contributed by atoms with Crippen LogP contribution in [0.1, 0.15) is 18.1 Å². The number of anilines is 1. The van der Waals surface area contributed by atoms with Gasteiger partial charge in [0.25, 0.3) is 0 Å². The topological polar surface area (TPSA) is 42.5 Å². The molecule has 0 unspecified atom stereocenters. The first-order valence-electron chi connectivity index (χ1n) is 7.90. The highest BCUT2D eigenvalue weighted by atomic mass is 32.1. The van der Waals surface area contributed by atoms with Gasteiger partial charge in [0.1, 0.15) is 6.61 Å². The summed E-state index contributed by atoms with van der Waals surface area (Å²) in [5.74, 6) is 1.45. The second-order valence-electron chi connectivity index (χ2n) is 5.76. The van der Waals surface area contributed by atoms with E-state index in [1.54, 1.807) is 7.11 Å². The first kappa shape index (κ1) is 18.1. The molecule has 2 N–H and O–H groups in total. The van der Waals surface area contributed by atoms with Gasteiger partial charge in [-0.3, -0.25) is 0 Å². The van der Waals surface area contributed by atoms with Crippen molar-refractivity contribution in [2.24, 2.45) is 0 Å². The van der Waals surface area contributed by atoms with Crippen molar-refractivity contribution in [3.05, 3.63) is 53.6 Å². The number of thiocarbonyl (C=S) groups is 1. The van der Waals surface area contributed by atoms with Crippen LogP contribution in [0, 0.1) is 13.8 Å². The van der Waals surface area contributed by atoms with Crippen molar-refractivity contribution in [3.8, 4) is 11.5 Å². The predicted molar refractivity (Wildman–Crippen MR) is 103 cm³/mol. The molecule has 0 saturated heterocycles. The molecule has 0 radical (unpaired) electrons. The summed E-state index contributed by atoms with van der Waals surface area (Å²) >= 11 is 5.37. The maximum Gasteiger partial charge on any atom is 0.171 e. The molecule has 0 bridgehead atoms. The first-order chi connectivity index (χ1) is 11.5. The second-order valence-corrected chi connectivity index (χ2v) is 6.17. The zero-order chi connectivity index (χ0) is 17.5. The Bertz CT molecular complexity index is 704. The molecular weight excluding hydrogens is 320 g/mol. The molecule has 0 amide bonds. The zero-order valence-corrected chi connectivity index (χ0v) is 15.4. The number of ether oxygens (including phenoxy) is 2. The molecule has 0 fully saturated rings. The molecule has 0 heterocycles. The molecule has 2 aromatic carbocycles. The Balaban J connectivity index is 1.84. The van der Waals surface area contributed by atoms with Crippen molar-refractivity contribution in [1.29, 1.82) is 0 Å². The smallest absolute Gasteiger partial charge is 0.171 e. The van der Waals surface area contributed by atoms with Gasteiger partial charge in [-0.1, -0.05) is 18.2 Å². The van der Waals surface area contributed by atoms with E-state index in [4.69, 9.17) is 21.7 Å². The maximum absolute atomic E-state index is 5.80. The number of benzene rings is 2. The van der Waals surface area contributed by atoms with Gasteiger partial charge >= 0.3 is 0 Å². The minimum absolute atomic E-state index is 0.0569. The van der Waals surface area contributed by atoms with Gasteiger partial charge in [-0.2, -0.15) is 0 Å². The Hall–Kier alpha value is -2.27. The van der Waals surface area contributed by atoms with Crippen molar-refractivity contribution < 1.29 is 9.47 Å². The lowest BCUT2D eigenvalue weighted by Crippen LogP contribution is -2.39. The van der Waals surface area contributed by atoms with Gasteiger partial charge in [-0.05, 0) is 68.4 Å². The fraction of sp³-hybridized carbons (Fsp3) is 0.316. The van der Waals surface area contributed by atoms with Crippen LogP contribution in [0.3, 0.4) is 0 Å². The normalized spacial score (nSPS) is 11.5. The molecule has 2 aromatic rings. The summed E-state index contributed by atoms with van der Waals surface area (Å²) in [7, 11) is 1.63. The van der Waals surface area contributed by atoms with Gasteiger partial charge in [0.05, 0.1) is 13.2 Å². The number of nitrogens with one attached hydrogen (secondary N) is 2. The fourth-order valence-electron chi connectivity index (χ4n) is 2.20. The van der Waals surface area contributed by atoms with Crippen molar-refractivity contribution in [2.45, 2.75) is 26.8 Å². The van der Waals surface area contributed by atoms with E-state index in [9.17, 15) is 0 Å². The third-order valence-corrected chi connectivity index (χ3v) is 3.92. The SMILES string of the molecule is COc1ccccc1OC[C@H](C)NC(=S)Nc1ccc(C)c(C)c1. The quantitative estimate of drug-likeness (QED) is 0.774. The molecule has 0 aliphatic heterocycles. The Morgan fingerprint density at radius 2 is 1.79 bits per heavy atom. The zero-order valence-electron chi connectivity index (χ0n) is 14.6. The molecule has 1 atom stereocenters. The number of hydrogen-bond acceptors (Lipinski definition) is 3. The molecule has 5 heteroatoms. The lowest BCUT2D eigenvalue weighted by molar-refractivity contribution is 0.270. The molecule has 4 nitrogen and oxygen atoms in total. The Morgan fingerprint density at radius 1 is 1.08 bits per heavy atom. The van der Waals surface area contributed by atoms with Crippen LogP contribution in [0.25, 0.3) is 0 Å². The highest BCUT2D eigenvalue weighted by Gasteiger charge is 2.08. The van der Waals surface area contributed by atoms with Crippen molar-refractivity contribution in [2.75, 3.05) is 19.0 Å². The molecule has 0 aliphatic rings. The van der Waals surface area contributed by atoms with Gasteiger partial charge in [-0.15, -0.1) is 0 Å². The number of hydrogen-bond donors (Lipinski definition) is 2. The molecule has 0 saturated carbocycles. The molecule has 24 heavy (non-hydrogen) atoms. The number of aryl methyl sites for hydroxylation is 2. The lowest BCUT2D eigenvalue weighted by atomic mass is 10.1. The van der Waals surface area contributed by atoms with Crippen LogP contribution >= 0.6 is 12.2 Å². The van der Waals surface area contributed by atoms with E-state index in [1.807, 2.05) is 37.3 Å². The Morgan fingerprint density at radius 3 is 2.46 bits per heavy atom. The van der Waals surface area contributed by atoms with E-state index in [0.29, 0.717) is 11.7 Å². The van der Waals surface area contributed by atoms with E-state index in [1.165, 1.54) is 11.1 Å². The lowest BCUT2D eigenvalue weighted by Gasteiger charge is -2.18. The summed E-state index contributed by atoms with van der Waals surface area (Å²) in [6.45, 7) is 6.67. The monoisotopic (exact) mass is 344 g/mol. The van der Waals surface area contributed by atoms with Crippen LogP contribution in [0.4, 0.5) is 5.69 Å². The van der Waals surface area contributed by atoms with E-state index in [0.717, 1.165) is 17.2 Å². The Kier molecular flexibility index (Phi) is 6.44. The second kappa shape index (κ2) is 8.55. The fourth-order valence-corrected chi connectivity index (χ4v) is 2.52. The molecule has 0 aromatic heterocycles. The minimum Gasteiger partial charge on any atom is -0.493 e. The standard InChI is InChI=1S/C19H24N2O2S/c1-13-9-10-16(11-14(13)2)21-19(24)20-15(3)12-23-18-8-6-5-7-17(18)22-4/h5-11,15H,12H2,1-4H3,(H2,20,21,24)/t15-/m0/s1. The summed E-state index contributed by atoms with van der Waals surface area (Å²) in [5.41, 5.74) is 3.47. The van der Waals surface area contributed by atoms with Gasteiger partial charge in [0, 0.05) is 5.69 Å². The van der Waals surface area contributed by atoms with Gasteiger partial charge in [-0.25, -0.2) is 0 Å². The number of methoxy groups -OCH3 is 1. The highest BCUT2D eigenvalue weighted by molar-refractivity contribution is 7.80. The molecular formula is C19H24N2O2S. The largest absolute Gasteiger partial charge is 0.493 e. The average Bonchev–Trinajstić information content (AvgIpc) is 2.56. The average molecular weight is 344 g/mol. The van der Waals surface area contributed by atoms with Crippen LogP contribution in [0.2, 0.25) is 0 Å². The van der Waals surface area contributed by atoms with E-state index in [-0.39, 0.29) is 6.04 Å². The van der Waals surface area contributed by atoms with Crippen molar-refractivity contribution >= 4 is 23.0 Å². The van der Waals surface area contributed by atoms with Crippen molar-refractivity contribution in [1.82, 2.24) is 5.32 Å². The minimum atomic E-state index is 0.0569. The van der Waals surface area contributed by atoms with Crippen LogP contribution in [-0.2, 0) is 0 Å². The van der Waals surface area contributed by atoms with Crippen LogP contribution in [-0.4, -0.2) is 24.9 Å². The third-order valence-electron chi connectivity index (χ3n) is 3.70. The van der Waals surface area contributed by atoms with Gasteiger partial charge in [0.2, 0.25) is 0 Å². The molecule has 0 aliphatic carbocycles. The van der Waals surface area contributed by atoms with E-state index < -0.39 is 0 Å². The van der Waals surface area contributed by atoms with Crippen LogP contribution in [0.15, 0.2) is 42.5 Å². The van der Waals surface area contributed by atoms with Crippen molar-refractivity contribution in [3.63, 3.8) is 0 Å². The van der Waals surface area contributed by atoms with Gasteiger partial charge < -0.3 is 20.1 Å². The summed E-state index contributed by atoms with van der Waals surface area (Å²) in [6.07, 6.45) is 0. The highest BCUT2D eigenvalue weighted by Crippen LogP contribution is 2.25. The van der Waals surface area contributed by atoms with Crippen LogP contribution in [0.5, 0.6) is 11.5 Å². The third kappa shape index (κ3) is 5.13. The summed E-state index contributed by atoms with van der Waals surface area (Å²) < 4.78 is 11.1. The molecule has 128 valence electrons.